The molecule has 0 bridgehead atoms. The summed E-state index contributed by atoms with van der Waals surface area (Å²) in [7, 11) is 0. The van der Waals surface area contributed by atoms with Crippen molar-refractivity contribution in [3.63, 3.8) is 0 Å². The average molecular weight is 228 g/mol. The highest BCUT2D eigenvalue weighted by molar-refractivity contribution is 5.37. The van der Waals surface area contributed by atoms with Crippen LogP contribution in [0.25, 0.3) is 0 Å². The van der Waals surface area contributed by atoms with Crippen LogP contribution in [0.1, 0.15) is 24.4 Å². The smallest absolute Gasteiger partial charge is 0.307 e. The number of benzene rings is 1. The lowest BCUT2D eigenvalue weighted by molar-refractivity contribution is -0.387. The van der Waals surface area contributed by atoms with Crippen molar-refractivity contribution in [2.75, 3.05) is 6.54 Å². The Labute approximate surface area is 90.4 Å². The van der Waals surface area contributed by atoms with Crippen LogP contribution < -0.4 is 5.32 Å². The van der Waals surface area contributed by atoms with Gasteiger partial charge in [0.2, 0.25) is 5.82 Å². The van der Waals surface area contributed by atoms with E-state index in [1.807, 2.05) is 0 Å². The van der Waals surface area contributed by atoms with Gasteiger partial charge in [0, 0.05) is 11.6 Å². The molecule has 0 amide bonds. The van der Waals surface area contributed by atoms with Crippen molar-refractivity contribution < 1.29 is 13.7 Å². The summed E-state index contributed by atoms with van der Waals surface area (Å²) in [5.41, 5.74) is -0.653. The maximum Gasteiger partial charge on any atom is 0.307 e. The molecule has 1 aliphatic heterocycles. The third-order valence-electron chi connectivity index (χ3n) is 2.70. The molecule has 1 aromatic rings. The van der Waals surface area contributed by atoms with Gasteiger partial charge in [0.25, 0.3) is 0 Å². The molecule has 1 aliphatic rings. The van der Waals surface area contributed by atoms with E-state index in [0.29, 0.717) is 12.5 Å². The predicted octanol–water partition coefficient (Wildman–Crippen LogP) is 2.30. The maximum atomic E-state index is 13.5. The summed E-state index contributed by atoms with van der Waals surface area (Å²) in [5, 5.41) is 13.4. The number of nitro benzene ring substituents is 1. The Bertz CT molecular complexity index is 431. The lowest BCUT2D eigenvalue weighted by Crippen LogP contribution is -2.15. The van der Waals surface area contributed by atoms with Crippen molar-refractivity contribution >= 4 is 5.69 Å². The molecule has 2 rings (SSSR count). The molecule has 86 valence electrons. The molecule has 0 spiro atoms. The molecule has 1 N–H and O–H groups in total. The van der Waals surface area contributed by atoms with Crippen LogP contribution in [0.4, 0.5) is 14.5 Å². The number of hydrogen-bond donors (Lipinski definition) is 1. The standard InChI is InChI=1S/C10H10F2N2O2/c11-7-5-10(14(15)16)8(12)4-6(7)9-2-1-3-13-9/h4-5,9,13H,1-3H2. The first-order chi connectivity index (χ1) is 7.59. The Hall–Kier alpha value is -1.56. The highest BCUT2D eigenvalue weighted by Crippen LogP contribution is 2.29. The van der Waals surface area contributed by atoms with Gasteiger partial charge in [-0.15, -0.1) is 0 Å². The third-order valence-corrected chi connectivity index (χ3v) is 2.70. The number of nitrogens with one attached hydrogen (secondary N) is 1. The van der Waals surface area contributed by atoms with E-state index in [-0.39, 0.29) is 11.6 Å². The quantitative estimate of drug-likeness (QED) is 0.624. The molecule has 6 heteroatoms. The zero-order chi connectivity index (χ0) is 11.7. The van der Waals surface area contributed by atoms with Crippen LogP contribution in [0.3, 0.4) is 0 Å². The van der Waals surface area contributed by atoms with Crippen LogP contribution >= 0.6 is 0 Å². The highest BCUT2D eigenvalue weighted by Gasteiger charge is 2.24. The van der Waals surface area contributed by atoms with Crippen LogP contribution in [0.2, 0.25) is 0 Å². The molecular weight excluding hydrogens is 218 g/mol. The molecule has 1 saturated heterocycles. The number of halogens is 2. The maximum absolute atomic E-state index is 13.5. The largest absolute Gasteiger partial charge is 0.310 e. The monoisotopic (exact) mass is 228 g/mol. The van der Waals surface area contributed by atoms with Gasteiger partial charge in [-0.1, -0.05) is 0 Å². The van der Waals surface area contributed by atoms with Crippen molar-refractivity contribution in [3.8, 4) is 0 Å². The molecule has 1 aromatic carbocycles. The molecule has 16 heavy (non-hydrogen) atoms. The van der Waals surface area contributed by atoms with E-state index < -0.39 is 22.2 Å². The van der Waals surface area contributed by atoms with E-state index in [4.69, 9.17) is 0 Å². The van der Waals surface area contributed by atoms with Gasteiger partial charge in [0.15, 0.2) is 0 Å². The lowest BCUT2D eigenvalue weighted by Gasteiger charge is -2.11. The van der Waals surface area contributed by atoms with Gasteiger partial charge in [-0.3, -0.25) is 10.1 Å². The van der Waals surface area contributed by atoms with E-state index in [1.165, 1.54) is 0 Å². The van der Waals surface area contributed by atoms with Crippen LogP contribution in [-0.2, 0) is 0 Å². The Morgan fingerprint density at radius 2 is 2.12 bits per heavy atom. The molecule has 0 aliphatic carbocycles. The van der Waals surface area contributed by atoms with Crippen molar-refractivity contribution in [1.82, 2.24) is 5.32 Å². The van der Waals surface area contributed by atoms with Gasteiger partial charge in [-0.25, -0.2) is 4.39 Å². The van der Waals surface area contributed by atoms with Crippen LogP contribution in [0, 0.1) is 21.7 Å². The Morgan fingerprint density at radius 3 is 2.69 bits per heavy atom. The highest BCUT2D eigenvalue weighted by atomic mass is 19.1. The fraction of sp³-hybridized carbons (Fsp3) is 0.400. The van der Waals surface area contributed by atoms with Gasteiger partial charge in [-0.05, 0) is 25.5 Å². The second-order valence-corrected chi connectivity index (χ2v) is 3.73. The molecule has 1 unspecified atom stereocenters. The summed E-state index contributed by atoms with van der Waals surface area (Å²) in [5.74, 6) is -1.72. The number of hydrogen-bond acceptors (Lipinski definition) is 3. The first kappa shape index (κ1) is 10.9. The Balaban J connectivity index is 2.40. The number of rotatable bonds is 2. The summed E-state index contributed by atoms with van der Waals surface area (Å²) in [6.07, 6.45) is 1.61. The van der Waals surface area contributed by atoms with Gasteiger partial charge in [0.1, 0.15) is 5.82 Å². The summed E-state index contributed by atoms with van der Waals surface area (Å²) in [6, 6.07) is 1.32. The normalized spacial score (nSPS) is 20.0. The third kappa shape index (κ3) is 1.88. The summed E-state index contributed by atoms with van der Waals surface area (Å²) < 4.78 is 26.8. The molecule has 1 heterocycles. The topological polar surface area (TPSA) is 55.2 Å². The number of nitro groups is 1. The zero-order valence-electron chi connectivity index (χ0n) is 8.37. The zero-order valence-corrected chi connectivity index (χ0v) is 8.37. The molecule has 0 radical (unpaired) electrons. The fourth-order valence-corrected chi connectivity index (χ4v) is 1.91. The molecule has 0 aromatic heterocycles. The van der Waals surface area contributed by atoms with E-state index in [1.54, 1.807) is 0 Å². The van der Waals surface area contributed by atoms with Crippen molar-refractivity contribution in [2.24, 2.45) is 0 Å². The molecule has 4 nitrogen and oxygen atoms in total. The first-order valence-corrected chi connectivity index (χ1v) is 4.96. The first-order valence-electron chi connectivity index (χ1n) is 4.96. The van der Waals surface area contributed by atoms with E-state index >= 15 is 0 Å². The summed E-state index contributed by atoms with van der Waals surface area (Å²) >= 11 is 0. The summed E-state index contributed by atoms with van der Waals surface area (Å²) in [4.78, 5) is 9.46. The average Bonchev–Trinajstić information content (AvgIpc) is 2.73. The summed E-state index contributed by atoms with van der Waals surface area (Å²) in [6.45, 7) is 0.753. The minimum Gasteiger partial charge on any atom is -0.310 e. The van der Waals surface area contributed by atoms with Gasteiger partial charge in [0.05, 0.1) is 11.0 Å². The van der Waals surface area contributed by atoms with Crippen molar-refractivity contribution in [2.45, 2.75) is 18.9 Å². The molecule has 0 saturated carbocycles. The lowest BCUT2D eigenvalue weighted by atomic mass is 10.0. The van der Waals surface area contributed by atoms with Crippen LogP contribution in [0.5, 0.6) is 0 Å². The van der Waals surface area contributed by atoms with Crippen LogP contribution in [0.15, 0.2) is 12.1 Å². The Kier molecular flexibility index (Phi) is 2.82. The van der Waals surface area contributed by atoms with E-state index in [2.05, 4.69) is 5.32 Å². The molecule has 1 fully saturated rings. The predicted molar refractivity (Wildman–Crippen MR) is 53.0 cm³/mol. The molecule has 1 atom stereocenters. The van der Waals surface area contributed by atoms with Crippen molar-refractivity contribution in [3.05, 3.63) is 39.4 Å². The Morgan fingerprint density at radius 1 is 1.38 bits per heavy atom. The SMILES string of the molecule is O=[N+]([O-])c1cc(F)c(C2CCCN2)cc1F. The minimum absolute atomic E-state index is 0.167. The fourth-order valence-electron chi connectivity index (χ4n) is 1.91. The van der Waals surface area contributed by atoms with Crippen LogP contribution in [-0.4, -0.2) is 11.5 Å². The van der Waals surface area contributed by atoms with E-state index in [9.17, 15) is 18.9 Å². The second kappa shape index (κ2) is 4.13. The number of nitrogens with zero attached hydrogens (tertiary/aromatic N) is 1. The van der Waals surface area contributed by atoms with Crippen molar-refractivity contribution in [1.29, 1.82) is 0 Å². The second-order valence-electron chi connectivity index (χ2n) is 3.73. The minimum atomic E-state index is -0.991. The van der Waals surface area contributed by atoms with E-state index in [0.717, 1.165) is 19.0 Å². The van der Waals surface area contributed by atoms with Gasteiger partial charge < -0.3 is 5.32 Å². The van der Waals surface area contributed by atoms with Gasteiger partial charge in [-0.2, -0.15) is 4.39 Å². The molecular formula is C10H10F2N2O2. The van der Waals surface area contributed by atoms with Gasteiger partial charge >= 0.3 is 5.69 Å².